The number of benzene rings is 2. The quantitative estimate of drug-likeness (QED) is 0.831. The number of aliphatic hydroxyl groups is 2. The van der Waals surface area contributed by atoms with Crippen molar-refractivity contribution in [1.82, 2.24) is 0 Å². The summed E-state index contributed by atoms with van der Waals surface area (Å²) in [6.07, 6.45) is 2.91. The second kappa shape index (κ2) is 4.44. The van der Waals surface area contributed by atoms with Gasteiger partial charge in [0.15, 0.2) is 0 Å². The molecule has 20 heavy (non-hydrogen) atoms. The van der Waals surface area contributed by atoms with Crippen molar-refractivity contribution in [2.75, 3.05) is 0 Å². The van der Waals surface area contributed by atoms with Crippen LogP contribution in [0.2, 0.25) is 0 Å². The Labute approximate surface area is 118 Å². The van der Waals surface area contributed by atoms with Gasteiger partial charge in [0.1, 0.15) is 0 Å². The van der Waals surface area contributed by atoms with Gasteiger partial charge in [0.05, 0.1) is 12.2 Å². The highest BCUT2D eigenvalue weighted by atomic mass is 16.3. The summed E-state index contributed by atoms with van der Waals surface area (Å²) in [4.78, 5) is 0. The summed E-state index contributed by atoms with van der Waals surface area (Å²) in [6, 6.07) is 12.4. The maximum atomic E-state index is 10.0. The van der Waals surface area contributed by atoms with Crippen LogP contribution in [0.5, 0.6) is 0 Å². The molecular formula is C18H18O2. The molecule has 0 bridgehead atoms. The van der Waals surface area contributed by atoms with Gasteiger partial charge in [-0.1, -0.05) is 36.4 Å². The van der Waals surface area contributed by atoms with Gasteiger partial charge in [-0.15, -0.1) is 0 Å². The lowest BCUT2D eigenvalue weighted by atomic mass is 9.91. The summed E-state index contributed by atoms with van der Waals surface area (Å²) in [5, 5.41) is 20.1. The molecule has 2 aliphatic carbocycles. The van der Waals surface area contributed by atoms with Crippen molar-refractivity contribution in [2.45, 2.75) is 37.9 Å². The van der Waals surface area contributed by atoms with Crippen molar-refractivity contribution in [2.24, 2.45) is 0 Å². The lowest BCUT2D eigenvalue weighted by Gasteiger charge is -2.14. The molecule has 0 amide bonds. The molecule has 2 nitrogen and oxygen atoms in total. The van der Waals surface area contributed by atoms with Gasteiger partial charge in [0.2, 0.25) is 0 Å². The normalized spacial score (nSPS) is 23.7. The van der Waals surface area contributed by atoms with Gasteiger partial charge >= 0.3 is 0 Å². The first kappa shape index (κ1) is 12.1. The first-order chi connectivity index (χ1) is 9.75. The van der Waals surface area contributed by atoms with Crippen molar-refractivity contribution < 1.29 is 10.2 Å². The van der Waals surface area contributed by atoms with E-state index in [1.807, 2.05) is 24.3 Å². The monoisotopic (exact) mass is 266 g/mol. The predicted molar refractivity (Wildman–Crippen MR) is 78.4 cm³/mol. The largest absolute Gasteiger partial charge is 0.388 e. The van der Waals surface area contributed by atoms with Crippen LogP contribution in [-0.2, 0) is 12.8 Å². The highest BCUT2D eigenvalue weighted by molar-refractivity contribution is 5.74. The smallest absolute Gasteiger partial charge is 0.0796 e. The lowest BCUT2D eigenvalue weighted by Crippen LogP contribution is -1.95. The molecule has 0 aliphatic heterocycles. The molecule has 0 radical (unpaired) electrons. The van der Waals surface area contributed by atoms with E-state index in [4.69, 9.17) is 0 Å². The van der Waals surface area contributed by atoms with Crippen LogP contribution >= 0.6 is 0 Å². The molecule has 0 spiro atoms. The Morgan fingerprint density at radius 2 is 1.15 bits per heavy atom. The maximum Gasteiger partial charge on any atom is 0.0796 e. The fourth-order valence-electron chi connectivity index (χ4n) is 3.77. The molecular weight excluding hydrogens is 248 g/mol. The number of hydrogen-bond acceptors (Lipinski definition) is 2. The highest BCUT2D eigenvalue weighted by Gasteiger charge is 2.27. The highest BCUT2D eigenvalue weighted by Crippen LogP contribution is 2.42. The Hall–Kier alpha value is -1.64. The molecule has 2 aromatic carbocycles. The molecule has 2 aliphatic rings. The van der Waals surface area contributed by atoms with Gasteiger partial charge in [0, 0.05) is 0 Å². The van der Waals surface area contributed by atoms with E-state index < -0.39 is 0 Å². The van der Waals surface area contributed by atoms with Crippen molar-refractivity contribution in [3.63, 3.8) is 0 Å². The summed E-state index contributed by atoms with van der Waals surface area (Å²) in [6.45, 7) is 0. The zero-order chi connectivity index (χ0) is 13.7. The number of aliphatic hydroxyl groups excluding tert-OH is 2. The lowest BCUT2D eigenvalue weighted by molar-refractivity contribution is 0.179. The molecule has 2 N–H and O–H groups in total. The topological polar surface area (TPSA) is 40.5 Å². The van der Waals surface area contributed by atoms with Gasteiger partial charge in [0.25, 0.3) is 0 Å². The molecule has 0 heterocycles. The molecule has 4 rings (SSSR count). The van der Waals surface area contributed by atoms with Crippen molar-refractivity contribution >= 4 is 0 Å². The molecule has 2 aromatic rings. The maximum absolute atomic E-state index is 10.0. The zero-order valence-corrected chi connectivity index (χ0v) is 11.3. The molecule has 2 heteroatoms. The summed E-state index contributed by atoms with van der Waals surface area (Å²) >= 11 is 0. The van der Waals surface area contributed by atoms with Gasteiger partial charge < -0.3 is 10.2 Å². The Balaban J connectivity index is 1.92. The van der Waals surface area contributed by atoms with E-state index in [0.29, 0.717) is 0 Å². The first-order valence-corrected chi connectivity index (χ1v) is 7.36. The van der Waals surface area contributed by atoms with Crippen LogP contribution in [0.25, 0.3) is 11.1 Å². The molecule has 2 atom stereocenters. The van der Waals surface area contributed by atoms with Crippen molar-refractivity contribution in [3.05, 3.63) is 58.7 Å². The summed E-state index contributed by atoms with van der Waals surface area (Å²) in [5.74, 6) is 0. The van der Waals surface area contributed by atoms with E-state index in [0.717, 1.165) is 36.8 Å². The minimum absolute atomic E-state index is 0.313. The minimum Gasteiger partial charge on any atom is -0.388 e. The summed E-state index contributed by atoms with van der Waals surface area (Å²) < 4.78 is 0. The van der Waals surface area contributed by atoms with Crippen LogP contribution in [0.3, 0.4) is 0 Å². The van der Waals surface area contributed by atoms with E-state index in [9.17, 15) is 10.2 Å². The van der Waals surface area contributed by atoms with E-state index in [1.54, 1.807) is 0 Å². The van der Waals surface area contributed by atoms with Crippen LogP contribution in [0.15, 0.2) is 36.4 Å². The number of rotatable bonds is 1. The standard InChI is InChI=1S/C18H18O2/c19-17-9-7-13-11(3-1-5-15(13)17)12-4-2-6-16-14(12)8-10-18(16)20/h1-6,17-20H,7-10H2/t17-,18-/m0/s1. The third kappa shape index (κ3) is 1.65. The Morgan fingerprint density at radius 3 is 1.60 bits per heavy atom. The van der Waals surface area contributed by atoms with E-state index in [2.05, 4.69) is 12.1 Å². The zero-order valence-electron chi connectivity index (χ0n) is 11.3. The minimum atomic E-state index is -0.313. The molecule has 0 fully saturated rings. The SMILES string of the molecule is O[C@H]1CCc2c(-c3cccc4c3CC[C@@H]4O)cccc21. The molecule has 0 aromatic heterocycles. The van der Waals surface area contributed by atoms with Crippen LogP contribution in [0, 0.1) is 0 Å². The Kier molecular flexibility index (Phi) is 2.69. The van der Waals surface area contributed by atoms with Crippen LogP contribution in [-0.4, -0.2) is 10.2 Å². The van der Waals surface area contributed by atoms with E-state index in [-0.39, 0.29) is 12.2 Å². The number of fused-ring (bicyclic) bond motifs is 2. The van der Waals surface area contributed by atoms with Gasteiger partial charge in [-0.05, 0) is 59.1 Å². The van der Waals surface area contributed by atoms with Crippen LogP contribution < -0.4 is 0 Å². The number of hydrogen-bond donors (Lipinski definition) is 2. The third-order valence-corrected chi connectivity index (χ3v) is 4.77. The van der Waals surface area contributed by atoms with E-state index in [1.165, 1.54) is 22.3 Å². The van der Waals surface area contributed by atoms with Gasteiger partial charge in [-0.25, -0.2) is 0 Å². The average molecular weight is 266 g/mol. The second-order valence-electron chi connectivity index (χ2n) is 5.86. The predicted octanol–water partition coefficient (Wildman–Crippen LogP) is 3.31. The van der Waals surface area contributed by atoms with Crippen LogP contribution in [0.4, 0.5) is 0 Å². The molecule has 0 saturated heterocycles. The van der Waals surface area contributed by atoms with Crippen molar-refractivity contribution in [1.29, 1.82) is 0 Å². The van der Waals surface area contributed by atoms with E-state index >= 15 is 0 Å². The Morgan fingerprint density at radius 1 is 0.700 bits per heavy atom. The van der Waals surface area contributed by atoms with Gasteiger partial charge in [-0.2, -0.15) is 0 Å². The third-order valence-electron chi connectivity index (χ3n) is 4.77. The second-order valence-corrected chi connectivity index (χ2v) is 5.86. The van der Waals surface area contributed by atoms with Crippen LogP contribution in [0.1, 0.15) is 47.3 Å². The van der Waals surface area contributed by atoms with Crippen molar-refractivity contribution in [3.8, 4) is 11.1 Å². The molecule has 0 saturated carbocycles. The molecule has 102 valence electrons. The fourth-order valence-corrected chi connectivity index (χ4v) is 3.77. The first-order valence-electron chi connectivity index (χ1n) is 7.36. The van der Waals surface area contributed by atoms with Gasteiger partial charge in [-0.3, -0.25) is 0 Å². The summed E-state index contributed by atoms with van der Waals surface area (Å²) in [7, 11) is 0. The Bertz CT molecular complexity index is 616. The molecule has 0 unspecified atom stereocenters. The summed E-state index contributed by atoms with van der Waals surface area (Å²) in [5.41, 5.74) is 7.22. The average Bonchev–Trinajstić information content (AvgIpc) is 3.03. The fraction of sp³-hybridized carbons (Fsp3) is 0.333.